The number of carbonyl (C=O) groups is 1. The van der Waals surface area contributed by atoms with E-state index >= 15 is 0 Å². The SMILES string of the molecule is O=C(Nc1ccc(Cl)c(S(=O)(=O)N2CCOCC2)c1)c1ccc2c(c1)CCC2. The van der Waals surface area contributed by atoms with E-state index in [1.165, 1.54) is 27.6 Å². The van der Waals surface area contributed by atoms with Gasteiger partial charge in [-0.1, -0.05) is 17.7 Å². The number of nitrogens with zero attached hydrogens (tertiary/aromatic N) is 1. The molecule has 4 rings (SSSR count). The molecule has 1 saturated heterocycles. The Morgan fingerprint density at radius 3 is 2.57 bits per heavy atom. The highest BCUT2D eigenvalue weighted by atomic mass is 35.5. The minimum Gasteiger partial charge on any atom is -0.379 e. The monoisotopic (exact) mass is 420 g/mol. The number of morpholine rings is 1. The van der Waals surface area contributed by atoms with Gasteiger partial charge in [-0.3, -0.25) is 4.79 Å². The van der Waals surface area contributed by atoms with Crippen LogP contribution in [-0.4, -0.2) is 44.9 Å². The molecule has 28 heavy (non-hydrogen) atoms. The normalized spacial score (nSPS) is 17.3. The molecular formula is C20H21ClN2O4S. The first-order valence-electron chi connectivity index (χ1n) is 9.26. The molecule has 1 aliphatic heterocycles. The molecule has 0 atom stereocenters. The van der Waals surface area contributed by atoms with Crippen molar-refractivity contribution < 1.29 is 17.9 Å². The molecule has 1 N–H and O–H groups in total. The van der Waals surface area contributed by atoms with Crippen LogP contribution >= 0.6 is 11.6 Å². The highest BCUT2D eigenvalue weighted by Gasteiger charge is 2.28. The zero-order valence-electron chi connectivity index (χ0n) is 15.3. The molecule has 0 aromatic heterocycles. The summed E-state index contributed by atoms with van der Waals surface area (Å²) in [7, 11) is -3.75. The molecule has 0 spiro atoms. The quantitative estimate of drug-likeness (QED) is 0.824. The third-order valence-corrected chi connectivity index (χ3v) is 7.52. The summed E-state index contributed by atoms with van der Waals surface area (Å²) in [6.45, 7) is 1.27. The average molecular weight is 421 g/mol. The molecule has 0 bridgehead atoms. The molecule has 0 radical (unpaired) electrons. The largest absolute Gasteiger partial charge is 0.379 e. The number of fused-ring (bicyclic) bond motifs is 1. The fourth-order valence-corrected chi connectivity index (χ4v) is 5.53. The molecule has 2 aromatic carbocycles. The van der Waals surface area contributed by atoms with Crippen molar-refractivity contribution in [3.63, 3.8) is 0 Å². The molecule has 1 amide bonds. The van der Waals surface area contributed by atoms with Crippen molar-refractivity contribution in [1.29, 1.82) is 0 Å². The van der Waals surface area contributed by atoms with Gasteiger partial charge in [-0.15, -0.1) is 0 Å². The second-order valence-corrected chi connectivity index (χ2v) is 9.27. The van der Waals surface area contributed by atoms with Crippen molar-refractivity contribution in [3.05, 3.63) is 58.1 Å². The molecule has 1 aliphatic carbocycles. The van der Waals surface area contributed by atoms with E-state index in [2.05, 4.69) is 5.32 Å². The van der Waals surface area contributed by atoms with Gasteiger partial charge in [0, 0.05) is 24.3 Å². The van der Waals surface area contributed by atoms with Crippen LogP contribution in [0.5, 0.6) is 0 Å². The number of aryl methyl sites for hydroxylation is 2. The minimum absolute atomic E-state index is 0.0113. The first-order chi connectivity index (χ1) is 13.4. The zero-order chi connectivity index (χ0) is 19.7. The Kier molecular flexibility index (Phi) is 5.42. The first kappa shape index (κ1) is 19.4. The number of amides is 1. The Labute approximate surface area is 169 Å². The molecule has 1 fully saturated rings. The highest BCUT2D eigenvalue weighted by molar-refractivity contribution is 7.89. The summed E-state index contributed by atoms with van der Waals surface area (Å²) < 4.78 is 32.4. The molecule has 1 heterocycles. The summed E-state index contributed by atoms with van der Waals surface area (Å²) in [6, 6.07) is 10.2. The summed E-state index contributed by atoms with van der Waals surface area (Å²) in [5.41, 5.74) is 3.45. The van der Waals surface area contributed by atoms with Crippen LogP contribution in [0.25, 0.3) is 0 Å². The second kappa shape index (κ2) is 7.83. The van der Waals surface area contributed by atoms with Gasteiger partial charge >= 0.3 is 0 Å². The van der Waals surface area contributed by atoms with Crippen molar-refractivity contribution in [3.8, 4) is 0 Å². The number of sulfonamides is 1. The summed E-state index contributed by atoms with van der Waals surface area (Å²) in [5, 5.41) is 2.91. The van der Waals surface area contributed by atoms with Gasteiger partial charge in [0.05, 0.1) is 18.2 Å². The first-order valence-corrected chi connectivity index (χ1v) is 11.1. The Balaban J connectivity index is 1.57. The van der Waals surface area contributed by atoms with E-state index in [1.54, 1.807) is 12.1 Å². The van der Waals surface area contributed by atoms with Gasteiger partial charge in [0.25, 0.3) is 5.91 Å². The van der Waals surface area contributed by atoms with Crippen molar-refractivity contribution >= 4 is 33.2 Å². The zero-order valence-corrected chi connectivity index (χ0v) is 16.9. The van der Waals surface area contributed by atoms with Crippen molar-refractivity contribution in [2.45, 2.75) is 24.2 Å². The van der Waals surface area contributed by atoms with E-state index in [0.29, 0.717) is 24.5 Å². The summed E-state index contributed by atoms with van der Waals surface area (Å²) in [4.78, 5) is 12.6. The van der Waals surface area contributed by atoms with E-state index < -0.39 is 10.0 Å². The van der Waals surface area contributed by atoms with E-state index in [9.17, 15) is 13.2 Å². The molecule has 6 nitrogen and oxygen atoms in total. The number of carbonyl (C=O) groups excluding carboxylic acids is 1. The van der Waals surface area contributed by atoms with Crippen LogP contribution in [0.3, 0.4) is 0 Å². The minimum atomic E-state index is -3.75. The number of benzene rings is 2. The molecule has 148 valence electrons. The summed E-state index contributed by atoms with van der Waals surface area (Å²) in [6.07, 6.45) is 3.15. The topological polar surface area (TPSA) is 75.7 Å². The summed E-state index contributed by atoms with van der Waals surface area (Å²) in [5.74, 6) is -0.272. The molecular weight excluding hydrogens is 400 g/mol. The van der Waals surface area contributed by atoms with E-state index in [0.717, 1.165) is 19.3 Å². The number of anilines is 1. The van der Waals surface area contributed by atoms with Gasteiger partial charge in [-0.05, 0) is 60.7 Å². The lowest BCUT2D eigenvalue weighted by Gasteiger charge is -2.26. The average Bonchev–Trinajstić information content (AvgIpc) is 3.18. The Hall–Kier alpha value is -1.93. The van der Waals surface area contributed by atoms with Crippen LogP contribution in [0, 0.1) is 0 Å². The van der Waals surface area contributed by atoms with Gasteiger partial charge in [-0.2, -0.15) is 4.31 Å². The van der Waals surface area contributed by atoms with Crippen LogP contribution in [0.1, 0.15) is 27.9 Å². The molecule has 2 aromatic rings. The number of halogens is 1. The molecule has 8 heteroatoms. The maximum atomic E-state index is 12.9. The van der Waals surface area contributed by atoms with Gasteiger partial charge in [0.1, 0.15) is 4.90 Å². The Morgan fingerprint density at radius 2 is 1.79 bits per heavy atom. The van der Waals surface area contributed by atoms with Gasteiger partial charge < -0.3 is 10.1 Å². The predicted octanol–water partition coefficient (Wildman–Crippen LogP) is 3.10. The smallest absolute Gasteiger partial charge is 0.255 e. The van der Waals surface area contributed by atoms with Crippen LogP contribution in [0.2, 0.25) is 5.02 Å². The fourth-order valence-electron chi connectivity index (χ4n) is 3.62. The van der Waals surface area contributed by atoms with E-state index in [-0.39, 0.29) is 28.9 Å². The van der Waals surface area contributed by atoms with Gasteiger partial charge in [0.15, 0.2) is 0 Å². The van der Waals surface area contributed by atoms with E-state index in [4.69, 9.17) is 16.3 Å². The molecule has 2 aliphatic rings. The van der Waals surface area contributed by atoms with Crippen molar-refractivity contribution in [2.24, 2.45) is 0 Å². The highest BCUT2D eigenvalue weighted by Crippen LogP contribution is 2.29. The van der Waals surface area contributed by atoms with Crippen LogP contribution < -0.4 is 5.32 Å². The third-order valence-electron chi connectivity index (χ3n) is 5.14. The van der Waals surface area contributed by atoms with Gasteiger partial charge in [-0.25, -0.2) is 8.42 Å². The predicted molar refractivity (Wildman–Crippen MR) is 107 cm³/mol. The maximum Gasteiger partial charge on any atom is 0.255 e. The van der Waals surface area contributed by atoms with Gasteiger partial charge in [0.2, 0.25) is 10.0 Å². The van der Waals surface area contributed by atoms with Crippen LogP contribution in [0.4, 0.5) is 5.69 Å². The maximum absolute atomic E-state index is 12.9. The molecule has 0 saturated carbocycles. The number of ether oxygens (including phenoxy) is 1. The second-order valence-electron chi connectivity index (χ2n) is 6.95. The van der Waals surface area contributed by atoms with Crippen molar-refractivity contribution in [2.75, 3.05) is 31.6 Å². The lowest BCUT2D eigenvalue weighted by atomic mass is 10.1. The lowest BCUT2D eigenvalue weighted by molar-refractivity contribution is 0.0730. The van der Waals surface area contributed by atoms with Crippen LogP contribution in [-0.2, 0) is 27.6 Å². The number of rotatable bonds is 4. The third kappa shape index (κ3) is 3.80. The number of hydrogen-bond acceptors (Lipinski definition) is 4. The fraction of sp³-hybridized carbons (Fsp3) is 0.350. The molecule has 0 unspecified atom stereocenters. The van der Waals surface area contributed by atoms with Crippen LogP contribution in [0.15, 0.2) is 41.3 Å². The standard InChI is InChI=1S/C20H21ClN2O4S/c21-18-7-6-17(13-19(18)28(25,26)23-8-10-27-11-9-23)22-20(24)16-5-4-14-2-1-3-15(14)12-16/h4-7,12-13H,1-3,8-11H2,(H,22,24). The van der Waals surface area contributed by atoms with Crippen molar-refractivity contribution in [1.82, 2.24) is 4.31 Å². The Bertz CT molecular complexity index is 1020. The number of nitrogens with one attached hydrogen (secondary N) is 1. The Morgan fingerprint density at radius 1 is 1.04 bits per heavy atom. The summed E-state index contributed by atoms with van der Waals surface area (Å²) >= 11 is 6.17. The number of hydrogen-bond donors (Lipinski definition) is 1. The lowest BCUT2D eigenvalue weighted by Crippen LogP contribution is -2.40. The van der Waals surface area contributed by atoms with E-state index in [1.807, 2.05) is 12.1 Å².